The predicted molar refractivity (Wildman–Crippen MR) is 97.2 cm³/mol. The van der Waals surface area contributed by atoms with Crippen molar-refractivity contribution in [3.8, 4) is 5.75 Å². The van der Waals surface area contributed by atoms with Crippen LogP contribution in [-0.4, -0.2) is 40.6 Å². The zero-order valence-electron chi connectivity index (χ0n) is 11.9. The molecule has 1 aliphatic heterocycles. The zero-order valence-corrected chi connectivity index (χ0v) is 15.1. The van der Waals surface area contributed by atoms with Gasteiger partial charge in [0.2, 0.25) is 0 Å². The minimum atomic E-state index is 0. The van der Waals surface area contributed by atoms with Crippen molar-refractivity contribution in [3.63, 3.8) is 0 Å². The normalized spacial score (nSPS) is 15.9. The summed E-state index contributed by atoms with van der Waals surface area (Å²) in [7, 11) is 0. The highest BCUT2D eigenvalue weighted by molar-refractivity contribution is 14.0. The Morgan fingerprint density at radius 2 is 1.85 bits per heavy atom. The summed E-state index contributed by atoms with van der Waals surface area (Å²) < 4.78 is 0. The first-order valence-electron chi connectivity index (χ1n) is 6.49. The Morgan fingerprint density at radius 1 is 1.30 bits per heavy atom. The third-order valence-corrected chi connectivity index (χ3v) is 4.25. The van der Waals surface area contributed by atoms with E-state index in [2.05, 4.69) is 9.89 Å². The summed E-state index contributed by atoms with van der Waals surface area (Å²) in [6.07, 6.45) is 0. The number of aromatic hydroxyl groups is 1. The molecule has 0 spiro atoms. The number of halogens is 1. The van der Waals surface area contributed by atoms with E-state index in [1.807, 2.05) is 37.7 Å². The molecule has 6 heteroatoms. The number of phenols is 1. The number of hydrogen-bond donors (Lipinski definition) is 2. The summed E-state index contributed by atoms with van der Waals surface area (Å²) in [5.41, 5.74) is 8.88. The predicted octanol–water partition coefficient (Wildman–Crippen LogP) is 2.49. The number of benzene rings is 1. The van der Waals surface area contributed by atoms with Crippen LogP contribution < -0.4 is 5.73 Å². The summed E-state index contributed by atoms with van der Waals surface area (Å²) in [4.78, 5) is 6.59. The van der Waals surface area contributed by atoms with Crippen molar-refractivity contribution < 1.29 is 5.11 Å². The molecule has 1 saturated heterocycles. The molecule has 2 rings (SSSR count). The van der Waals surface area contributed by atoms with Gasteiger partial charge in [0.25, 0.3) is 0 Å². The van der Waals surface area contributed by atoms with Crippen molar-refractivity contribution in [1.29, 1.82) is 0 Å². The number of rotatable bonds is 2. The van der Waals surface area contributed by atoms with Gasteiger partial charge in [-0.25, -0.2) is 4.99 Å². The molecule has 112 valence electrons. The lowest BCUT2D eigenvalue weighted by Gasteiger charge is -2.27. The van der Waals surface area contributed by atoms with Crippen molar-refractivity contribution in [1.82, 2.24) is 4.90 Å². The molecule has 0 saturated carbocycles. The standard InChI is InChI=1S/C14H21N3OS.HI/c1-10-7-12(8-11(2)13(10)18)9-16-14(15)17-3-5-19-6-4-17;/h7-8,18H,3-6,9H2,1-2H3,(H2,15,16);1H. The molecule has 1 aromatic carbocycles. The van der Waals surface area contributed by atoms with E-state index >= 15 is 0 Å². The summed E-state index contributed by atoms with van der Waals surface area (Å²) in [6.45, 7) is 6.33. The first-order valence-corrected chi connectivity index (χ1v) is 7.65. The van der Waals surface area contributed by atoms with Crippen molar-refractivity contribution in [2.45, 2.75) is 20.4 Å². The fourth-order valence-corrected chi connectivity index (χ4v) is 3.10. The second kappa shape index (κ2) is 7.97. The van der Waals surface area contributed by atoms with Crippen LogP contribution in [0.5, 0.6) is 5.75 Å². The molecule has 1 aliphatic rings. The molecule has 20 heavy (non-hydrogen) atoms. The molecule has 0 radical (unpaired) electrons. The number of phenolic OH excluding ortho intramolecular Hbond substituents is 1. The van der Waals surface area contributed by atoms with Crippen molar-refractivity contribution >= 4 is 41.7 Å². The lowest BCUT2D eigenvalue weighted by Crippen LogP contribution is -2.42. The summed E-state index contributed by atoms with van der Waals surface area (Å²) in [6, 6.07) is 3.93. The van der Waals surface area contributed by atoms with Gasteiger partial charge in [-0.2, -0.15) is 11.8 Å². The van der Waals surface area contributed by atoms with Crippen LogP contribution in [0.1, 0.15) is 16.7 Å². The highest BCUT2D eigenvalue weighted by Crippen LogP contribution is 2.23. The molecule has 1 heterocycles. The van der Waals surface area contributed by atoms with E-state index in [-0.39, 0.29) is 24.0 Å². The minimum absolute atomic E-state index is 0. The molecule has 4 nitrogen and oxygen atoms in total. The van der Waals surface area contributed by atoms with Gasteiger partial charge < -0.3 is 15.7 Å². The largest absolute Gasteiger partial charge is 0.507 e. The lowest BCUT2D eigenvalue weighted by atomic mass is 10.1. The molecule has 0 bridgehead atoms. The molecule has 0 amide bonds. The van der Waals surface area contributed by atoms with E-state index < -0.39 is 0 Å². The molecule has 3 N–H and O–H groups in total. The summed E-state index contributed by atoms with van der Waals surface area (Å²) in [5.74, 6) is 3.24. The average Bonchev–Trinajstić information content (AvgIpc) is 2.43. The topological polar surface area (TPSA) is 61.8 Å². The van der Waals surface area contributed by atoms with E-state index in [0.717, 1.165) is 41.3 Å². The second-order valence-corrected chi connectivity index (χ2v) is 6.08. The third-order valence-electron chi connectivity index (χ3n) is 3.31. The highest BCUT2D eigenvalue weighted by Gasteiger charge is 2.12. The van der Waals surface area contributed by atoms with Gasteiger partial charge in [0.05, 0.1) is 6.54 Å². The van der Waals surface area contributed by atoms with Crippen LogP contribution in [0, 0.1) is 13.8 Å². The van der Waals surface area contributed by atoms with Gasteiger partial charge in [-0.3, -0.25) is 0 Å². The Morgan fingerprint density at radius 3 is 2.40 bits per heavy atom. The Bertz CT molecular complexity index is 464. The highest BCUT2D eigenvalue weighted by atomic mass is 127. The minimum Gasteiger partial charge on any atom is -0.507 e. The van der Waals surface area contributed by atoms with Gasteiger partial charge in [-0.15, -0.1) is 24.0 Å². The van der Waals surface area contributed by atoms with Gasteiger partial charge in [-0.05, 0) is 30.5 Å². The Labute approximate surface area is 141 Å². The second-order valence-electron chi connectivity index (χ2n) is 4.85. The van der Waals surface area contributed by atoms with Crippen LogP contribution in [0.2, 0.25) is 0 Å². The summed E-state index contributed by atoms with van der Waals surface area (Å²) >= 11 is 1.96. The number of guanidine groups is 1. The number of hydrogen-bond acceptors (Lipinski definition) is 3. The maximum absolute atomic E-state index is 9.74. The maximum Gasteiger partial charge on any atom is 0.191 e. The molecule has 0 aliphatic carbocycles. The molecule has 1 aromatic rings. The lowest BCUT2D eigenvalue weighted by molar-refractivity contribution is 0.455. The number of nitrogens with zero attached hydrogens (tertiary/aromatic N) is 2. The Balaban J connectivity index is 0.00000200. The van der Waals surface area contributed by atoms with E-state index in [0.29, 0.717) is 18.3 Å². The van der Waals surface area contributed by atoms with Crippen LogP contribution in [0.3, 0.4) is 0 Å². The van der Waals surface area contributed by atoms with Crippen LogP contribution in [-0.2, 0) is 6.54 Å². The number of aliphatic imine (C=N–C) groups is 1. The van der Waals surface area contributed by atoms with E-state index in [1.165, 1.54) is 0 Å². The number of thioether (sulfide) groups is 1. The molecule has 1 fully saturated rings. The fourth-order valence-electron chi connectivity index (χ4n) is 2.20. The van der Waals surface area contributed by atoms with E-state index in [9.17, 15) is 5.11 Å². The van der Waals surface area contributed by atoms with E-state index in [4.69, 9.17) is 5.73 Å². The van der Waals surface area contributed by atoms with Gasteiger partial charge in [0.15, 0.2) is 5.96 Å². The Hall–Kier alpha value is -0.630. The molecule has 0 unspecified atom stereocenters. The smallest absolute Gasteiger partial charge is 0.191 e. The zero-order chi connectivity index (χ0) is 13.8. The third kappa shape index (κ3) is 4.44. The first-order chi connectivity index (χ1) is 9.08. The SMILES string of the molecule is Cc1cc(CN=C(N)N2CCSCC2)cc(C)c1O.I. The van der Waals surface area contributed by atoms with Gasteiger partial charge >= 0.3 is 0 Å². The molecular formula is C14H22IN3OS. The van der Waals surface area contributed by atoms with Crippen molar-refractivity contribution in [2.75, 3.05) is 24.6 Å². The number of nitrogens with two attached hydrogens (primary N) is 1. The molecule has 0 atom stereocenters. The van der Waals surface area contributed by atoms with Crippen LogP contribution in [0.15, 0.2) is 17.1 Å². The Kier molecular flexibility index (Phi) is 6.94. The summed E-state index contributed by atoms with van der Waals surface area (Å²) in [5, 5.41) is 9.74. The van der Waals surface area contributed by atoms with Crippen LogP contribution in [0.4, 0.5) is 0 Å². The van der Waals surface area contributed by atoms with Crippen molar-refractivity contribution in [3.05, 3.63) is 28.8 Å². The number of aryl methyl sites for hydroxylation is 2. The first kappa shape index (κ1) is 17.4. The molecule has 0 aromatic heterocycles. The molecular weight excluding hydrogens is 385 g/mol. The average molecular weight is 407 g/mol. The van der Waals surface area contributed by atoms with Gasteiger partial charge in [0, 0.05) is 24.6 Å². The quantitative estimate of drug-likeness (QED) is 0.449. The van der Waals surface area contributed by atoms with E-state index in [1.54, 1.807) is 0 Å². The van der Waals surface area contributed by atoms with Gasteiger partial charge in [-0.1, -0.05) is 12.1 Å². The fraction of sp³-hybridized carbons (Fsp3) is 0.500. The maximum atomic E-state index is 9.74. The van der Waals surface area contributed by atoms with Gasteiger partial charge in [0.1, 0.15) is 5.75 Å². The van der Waals surface area contributed by atoms with Crippen LogP contribution in [0.25, 0.3) is 0 Å². The van der Waals surface area contributed by atoms with Crippen molar-refractivity contribution in [2.24, 2.45) is 10.7 Å². The monoisotopic (exact) mass is 407 g/mol. The van der Waals surface area contributed by atoms with Crippen LogP contribution >= 0.6 is 35.7 Å².